The smallest absolute Gasteiger partial charge is 0.403 e. The maximum atomic E-state index is 13.2. The fourth-order valence-corrected chi connectivity index (χ4v) is 1.92. The molecule has 1 atom stereocenters. The number of ether oxygens (including phenoxy) is 1. The summed E-state index contributed by atoms with van der Waals surface area (Å²) in [4.78, 5) is 2.10. The minimum absolute atomic E-state index is 0.0325. The Labute approximate surface area is 102 Å². The van der Waals surface area contributed by atoms with Gasteiger partial charge in [0.05, 0.1) is 0 Å². The fourth-order valence-electron chi connectivity index (χ4n) is 1.92. The summed E-state index contributed by atoms with van der Waals surface area (Å²) in [5, 5.41) is 0. The third-order valence-corrected chi connectivity index (χ3v) is 3.10. The fraction of sp³-hybridized carbons (Fsp3) is 0.500. The standard InChI is InChI=1S/C12H13F4NO/c1-8(17-5-2-6-17)9-3-4-10(13)11(7-9)18-12(14,15)16/h3-4,7-8H,2,5-6H2,1H3. The van der Waals surface area contributed by atoms with Crippen molar-refractivity contribution in [3.63, 3.8) is 0 Å². The average molecular weight is 263 g/mol. The maximum Gasteiger partial charge on any atom is 0.573 e. The zero-order valence-corrected chi connectivity index (χ0v) is 9.80. The van der Waals surface area contributed by atoms with E-state index >= 15 is 0 Å². The van der Waals surface area contributed by atoms with Gasteiger partial charge in [0.2, 0.25) is 0 Å². The van der Waals surface area contributed by atoms with Crippen LogP contribution in [0.15, 0.2) is 18.2 Å². The molecule has 0 aromatic heterocycles. The van der Waals surface area contributed by atoms with E-state index in [1.165, 1.54) is 6.07 Å². The lowest BCUT2D eigenvalue weighted by atomic mass is 10.0. The van der Waals surface area contributed by atoms with Gasteiger partial charge < -0.3 is 4.74 Å². The highest BCUT2D eigenvalue weighted by Crippen LogP contribution is 2.31. The maximum absolute atomic E-state index is 13.2. The molecule has 1 aliphatic heterocycles. The zero-order chi connectivity index (χ0) is 13.3. The number of rotatable bonds is 3. The molecule has 2 nitrogen and oxygen atoms in total. The first-order valence-electron chi connectivity index (χ1n) is 5.66. The average Bonchev–Trinajstić information content (AvgIpc) is 2.16. The monoisotopic (exact) mass is 263 g/mol. The Morgan fingerprint density at radius 1 is 1.28 bits per heavy atom. The first-order chi connectivity index (χ1) is 8.37. The van der Waals surface area contributed by atoms with Crippen molar-refractivity contribution < 1.29 is 22.3 Å². The lowest BCUT2D eigenvalue weighted by Crippen LogP contribution is -2.39. The van der Waals surface area contributed by atoms with Crippen molar-refractivity contribution in [3.8, 4) is 5.75 Å². The molecule has 0 saturated carbocycles. The van der Waals surface area contributed by atoms with Crippen LogP contribution in [-0.2, 0) is 0 Å². The summed E-state index contributed by atoms with van der Waals surface area (Å²) in [7, 11) is 0. The SMILES string of the molecule is CC(c1ccc(F)c(OC(F)(F)F)c1)N1CCC1. The van der Waals surface area contributed by atoms with Crippen molar-refractivity contribution in [2.75, 3.05) is 13.1 Å². The van der Waals surface area contributed by atoms with Crippen LogP contribution in [0.3, 0.4) is 0 Å². The predicted octanol–water partition coefficient (Wildman–Crippen LogP) is 3.49. The number of halogens is 4. The van der Waals surface area contributed by atoms with Crippen LogP contribution in [0.25, 0.3) is 0 Å². The van der Waals surface area contributed by atoms with Crippen LogP contribution in [0.1, 0.15) is 24.9 Å². The molecule has 6 heteroatoms. The van der Waals surface area contributed by atoms with Crippen molar-refractivity contribution in [2.24, 2.45) is 0 Å². The van der Waals surface area contributed by atoms with E-state index in [4.69, 9.17) is 0 Å². The summed E-state index contributed by atoms with van der Waals surface area (Å²) in [5.41, 5.74) is 0.621. The molecule has 0 aliphatic carbocycles. The molecule has 1 unspecified atom stereocenters. The molecule has 1 aromatic carbocycles. The number of hydrogen-bond donors (Lipinski definition) is 0. The van der Waals surface area contributed by atoms with E-state index in [2.05, 4.69) is 9.64 Å². The van der Waals surface area contributed by atoms with Gasteiger partial charge >= 0.3 is 6.36 Å². The molecule has 0 radical (unpaired) electrons. The molecule has 100 valence electrons. The molecule has 1 heterocycles. The molecule has 0 bridgehead atoms. The number of alkyl halides is 3. The summed E-state index contributed by atoms with van der Waals surface area (Å²) in [6.07, 6.45) is -3.79. The predicted molar refractivity (Wildman–Crippen MR) is 57.7 cm³/mol. The van der Waals surface area contributed by atoms with Crippen molar-refractivity contribution in [1.29, 1.82) is 0 Å². The molecule has 1 aromatic rings. The van der Waals surface area contributed by atoms with E-state index in [9.17, 15) is 17.6 Å². The zero-order valence-electron chi connectivity index (χ0n) is 9.80. The van der Waals surface area contributed by atoms with Gasteiger partial charge in [-0.15, -0.1) is 13.2 Å². The topological polar surface area (TPSA) is 12.5 Å². The van der Waals surface area contributed by atoms with Crippen molar-refractivity contribution in [3.05, 3.63) is 29.6 Å². The second kappa shape index (κ2) is 4.76. The summed E-state index contributed by atoms with van der Waals surface area (Å²) < 4.78 is 53.2. The Balaban J connectivity index is 2.19. The van der Waals surface area contributed by atoms with Crippen LogP contribution < -0.4 is 4.74 Å². The van der Waals surface area contributed by atoms with Gasteiger partial charge in [0.1, 0.15) is 0 Å². The van der Waals surface area contributed by atoms with E-state index in [0.29, 0.717) is 5.56 Å². The van der Waals surface area contributed by atoms with Crippen LogP contribution in [0, 0.1) is 5.82 Å². The number of hydrogen-bond acceptors (Lipinski definition) is 2. The van der Waals surface area contributed by atoms with Gasteiger partial charge in [-0.25, -0.2) is 4.39 Å². The van der Waals surface area contributed by atoms with Gasteiger partial charge in [0.15, 0.2) is 11.6 Å². The highest BCUT2D eigenvalue weighted by Gasteiger charge is 2.33. The summed E-state index contributed by atoms with van der Waals surface area (Å²) in [6.45, 7) is 3.70. The van der Waals surface area contributed by atoms with Crippen LogP contribution in [0.2, 0.25) is 0 Å². The largest absolute Gasteiger partial charge is 0.573 e. The van der Waals surface area contributed by atoms with Crippen LogP contribution >= 0.6 is 0 Å². The lowest BCUT2D eigenvalue weighted by molar-refractivity contribution is -0.275. The van der Waals surface area contributed by atoms with E-state index < -0.39 is 17.9 Å². The summed E-state index contributed by atoms with van der Waals surface area (Å²) in [5.74, 6) is -1.78. The van der Waals surface area contributed by atoms with Crippen LogP contribution in [-0.4, -0.2) is 24.4 Å². The molecular weight excluding hydrogens is 250 g/mol. The second-order valence-electron chi connectivity index (χ2n) is 4.30. The Bertz CT molecular complexity index is 429. The van der Waals surface area contributed by atoms with E-state index in [0.717, 1.165) is 31.6 Å². The highest BCUT2D eigenvalue weighted by atomic mass is 19.4. The summed E-state index contributed by atoms with van der Waals surface area (Å²) >= 11 is 0. The van der Waals surface area contributed by atoms with E-state index in [1.54, 1.807) is 0 Å². The molecule has 1 fully saturated rings. The van der Waals surface area contributed by atoms with Crippen molar-refractivity contribution >= 4 is 0 Å². The summed E-state index contributed by atoms with van der Waals surface area (Å²) in [6, 6.07) is 3.58. The Morgan fingerprint density at radius 3 is 2.44 bits per heavy atom. The molecule has 0 amide bonds. The van der Waals surface area contributed by atoms with Crippen molar-refractivity contribution in [1.82, 2.24) is 4.90 Å². The second-order valence-corrected chi connectivity index (χ2v) is 4.30. The minimum Gasteiger partial charge on any atom is -0.403 e. The number of benzene rings is 1. The van der Waals surface area contributed by atoms with Gasteiger partial charge in [0.25, 0.3) is 0 Å². The third-order valence-electron chi connectivity index (χ3n) is 3.10. The normalized spacial score (nSPS) is 18.3. The van der Waals surface area contributed by atoms with E-state index in [-0.39, 0.29) is 6.04 Å². The quantitative estimate of drug-likeness (QED) is 0.774. The molecule has 2 rings (SSSR count). The van der Waals surface area contributed by atoms with Gasteiger partial charge in [-0.2, -0.15) is 0 Å². The third kappa shape index (κ3) is 2.93. The van der Waals surface area contributed by atoms with Gasteiger partial charge in [-0.05, 0) is 44.1 Å². The van der Waals surface area contributed by atoms with Gasteiger partial charge in [-0.3, -0.25) is 4.90 Å². The van der Waals surface area contributed by atoms with Crippen LogP contribution in [0.4, 0.5) is 17.6 Å². The molecule has 1 saturated heterocycles. The first-order valence-corrected chi connectivity index (χ1v) is 5.66. The molecular formula is C12H13F4NO. The minimum atomic E-state index is -4.88. The number of likely N-dealkylation sites (tertiary alicyclic amines) is 1. The highest BCUT2D eigenvalue weighted by molar-refractivity contribution is 5.32. The Hall–Kier alpha value is -1.30. The lowest BCUT2D eigenvalue weighted by Gasteiger charge is -2.36. The molecule has 0 N–H and O–H groups in total. The number of nitrogens with zero attached hydrogens (tertiary/aromatic N) is 1. The van der Waals surface area contributed by atoms with E-state index in [1.807, 2.05) is 6.92 Å². The van der Waals surface area contributed by atoms with Gasteiger partial charge in [0, 0.05) is 6.04 Å². The Morgan fingerprint density at radius 2 is 1.94 bits per heavy atom. The van der Waals surface area contributed by atoms with Crippen LogP contribution in [0.5, 0.6) is 5.75 Å². The van der Waals surface area contributed by atoms with Crippen molar-refractivity contribution in [2.45, 2.75) is 25.7 Å². The molecule has 0 spiro atoms. The molecule has 1 aliphatic rings. The molecule has 18 heavy (non-hydrogen) atoms. The Kier molecular flexibility index (Phi) is 3.47. The van der Waals surface area contributed by atoms with Gasteiger partial charge in [-0.1, -0.05) is 6.07 Å². The first kappa shape index (κ1) is 13.1.